The second-order valence-electron chi connectivity index (χ2n) is 4.90. The largest absolute Gasteiger partial charge is 0.381 e. The summed E-state index contributed by atoms with van der Waals surface area (Å²) in [6, 6.07) is 15.2. The third-order valence-corrected chi connectivity index (χ3v) is 4.46. The highest BCUT2D eigenvalue weighted by molar-refractivity contribution is 7.17. The van der Waals surface area contributed by atoms with Crippen molar-refractivity contribution in [2.24, 2.45) is 0 Å². The monoisotopic (exact) mass is 267 g/mol. The van der Waals surface area contributed by atoms with Gasteiger partial charge in [-0.2, -0.15) is 0 Å². The Morgan fingerprint density at radius 1 is 1.00 bits per heavy atom. The molecule has 1 heterocycles. The zero-order chi connectivity index (χ0) is 13.2. The lowest BCUT2D eigenvalue weighted by molar-refractivity contribution is 1.09. The molecular formula is C17H17NS. The molecule has 1 nitrogen and oxygen atoms in total. The lowest BCUT2D eigenvalue weighted by Crippen LogP contribution is -2.03. The molecule has 0 aliphatic heterocycles. The van der Waals surface area contributed by atoms with Crippen molar-refractivity contribution < 1.29 is 0 Å². The lowest BCUT2D eigenvalue weighted by Gasteiger charge is -2.12. The molecule has 0 unspecified atom stereocenters. The predicted molar refractivity (Wildman–Crippen MR) is 85.1 cm³/mol. The summed E-state index contributed by atoms with van der Waals surface area (Å²) in [4.78, 5) is 0. The summed E-state index contributed by atoms with van der Waals surface area (Å²) in [6.45, 7) is 5.23. The summed E-state index contributed by atoms with van der Waals surface area (Å²) in [5, 5.41) is 6.98. The first kappa shape index (κ1) is 12.2. The van der Waals surface area contributed by atoms with Gasteiger partial charge in [-0.05, 0) is 65.6 Å². The molecule has 3 rings (SSSR count). The average molecular weight is 267 g/mol. The van der Waals surface area contributed by atoms with Crippen LogP contribution in [0.4, 0.5) is 5.69 Å². The SMILES string of the molecule is Cc1cccc(C)c1CNc1ccc2sccc2c1. The second kappa shape index (κ2) is 5.06. The molecule has 0 bridgehead atoms. The van der Waals surface area contributed by atoms with E-state index in [1.807, 2.05) is 0 Å². The average Bonchev–Trinajstić information content (AvgIpc) is 2.85. The highest BCUT2D eigenvalue weighted by atomic mass is 32.1. The summed E-state index contributed by atoms with van der Waals surface area (Å²) in [5.41, 5.74) is 5.29. The zero-order valence-corrected chi connectivity index (χ0v) is 12.1. The maximum absolute atomic E-state index is 3.53. The van der Waals surface area contributed by atoms with Gasteiger partial charge in [0.15, 0.2) is 0 Å². The van der Waals surface area contributed by atoms with Crippen molar-refractivity contribution in [3.8, 4) is 0 Å². The van der Waals surface area contributed by atoms with E-state index in [0.717, 1.165) is 6.54 Å². The van der Waals surface area contributed by atoms with Crippen LogP contribution in [0.25, 0.3) is 10.1 Å². The Balaban J connectivity index is 1.82. The van der Waals surface area contributed by atoms with Gasteiger partial charge in [0.05, 0.1) is 0 Å². The van der Waals surface area contributed by atoms with E-state index in [-0.39, 0.29) is 0 Å². The molecular weight excluding hydrogens is 250 g/mol. The topological polar surface area (TPSA) is 12.0 Å². The molecule has 96 valence electrons. The number of aryl methyl sites for hydroxylation is 2. The summed E-state index contributed by atoms with van der Waals surface area (Å²) in [5.74, 6) is 0. The van der Waals surface area contributed by atoms with Crippen LogP contribution in [0.5, 0.6) is 0 Å². The summed E-state index contributed by atoms with van der Waals surface area (Å²) >= 11 is 1.79. The van der Waals surface area contributed by atoms with Gasteiger partial charge in [-0.25, -0.2) is 0 Å². The van der Waals surface area contributed by atoms with E-state index in [2.05, 4.69) is 67.0 Å². The number of thiophene rings is 1. The van der Waals surface area contributed by atoms with E-state index in [0.29, 0.717) is 0 Å². The van der Waals surface area contributed by atoms with Gasteiger partial charge in [0.2, 0.25) is 0 Å². The van der Waals surface area contributed by atoms with Gasteiger partial charge in [-0.3, -0.25) is 0 Å². The Morgan fingerprint density at radius 2 is 1.79 bits per heavy atom. The smallest absolute Gasteiger partial charge is 0.0406 e. The van der Waals surface area contributed by atoms with Crippen molar-refractivity contribution in [1.82, 2.24) is 0 Å². The first-order valence-electron chi connectivity index (χ1n) is 6.50. The van der Waals surface area contributed by atoms with Crippen LogP contribution in [0.15, 0.2) is 47.8 Å². The third-order valence-electron chi connectivity index (χ3n) is 3.57. The lowest BCUT2D eigenvalue weighted by atomic mass is 10.0. The van der Waals surface area contributed by atoms with Gasteiger partial charge >= 0.3 is 0 Å². The minimum atomic E-state index is 0.883. The molecule has 19 heavy (non-hydrogen) atoms. The highest BCUT2D eigenvalue weighted by Gasteiger charge is 2.02. The Hall–Kier alpha value is -1.80. The van der Waals surface area contributed by atoms with Crippen molar-refractivity contribution in [3.63, 3.8) is 0 Å². The van der Waals surface area contributed by atoms with Crippen molar-refractivity contribution in [2.45, 2.75) is 20.4 Å². The fourth-order valence-corrected chi connectivity index (χ4v) is 3.17. The van der Waals surface area contributed by atoms with Gasteiger partial charge in [-0.1, -0.05) is 18.2 Å². The van der Waals surface area contributed by atoms with Crippen molar-refractivity contribution in [1.29, 1.82) is 0 Å². The van der Waals surface area contributed by atoms with Gasteiger partial charge in [0, 0.05) is 16.9 Å². The van der Waals surface area contributed by atoms with Crippen LogP contribution in [0.2, 0.25) is 0 Å². The molecule has 1 N–H and O–H groups in total. The van der Waals surface area contributed by atoms with Gasteiger partial charge in [-0.15, -0.1) is 11.3 Å². The minimum Gasteiger partial charge on any atom is -0.381 e. The van der Waals surface area contributed by atoms with Gasteiger partial charge in [0.1, 0.15) is 0 Å². The van der Waals surface area contributed by atoms with Crippen molar-refractivity contribution in [2.75, 3.05) is 5.32 Å². The van der Waals surface area contributed by atoms with Crippen molar-refractivity contribution >= 4 is 27.1 Å². The fourth-order valence-electron chi connectivity index (χ4n) is 2.39. The Morgan fingerprint density at radius 3 is 2.58 bits per heavy atom. The minimum absolute atomic E-state index is 0.883. The number of hydrogen-bond acceptors (Lipinski definition) is 2. The highest BCUT2D eigenvalue weighted by Crippen LogP contribution is 2.24. The maximum atomic E-state index is 3.53. The van der Waals surface area contributed by atoms with Gasteiger partial charge < -0.3 is 5.32 Å². The molecule has 0 aliphatic carbocycles. The Bertz CT molecular complexity index is 692. The van der Waals surface area contributed by atoms with E-state index >= 15 is 0 Å². The summed E-state index contributed by atoms with van der Waals surface area (Å²) in [7, 11) is 0. The van der Waals surface area contributed by atoms with E-state index in [9.17, 15) is 0 Å². The molecule has 0 radical (unpaired) electrons. The molecule has 0 aliphatic rings. The van der Waals surface area contributed by atoms with Gasteiger partial charge in [0.25, 0.3) is 0 Å². The summed E-state index contributed by atoms with van der Waals surface area (Å²) in [6.07, 6.45) is 0. The van der Waals surface area contributed by atoms with E-state index in [4.69, 9.17) is 0 Å². The van der Waals surface area contributed by atoms with Crippen LogP contribution in [-0.4, -0.2) is 0 Å². The molecule has 0 saturated heterocycles. The standard InChI is InChI=1S/C17H17NS/c1-12-4-3-5-13(2)16(12)11-18-15-6-7-17-14(10-15)8-9-19-17/h3-10,18H,11H2,1-2H3. The number of anilines is 1. The van der Waals surface area contributed by atoms with E-state index in [1.54, 1.807) is 11.3 Å². The molecule has 2 aromatic carbocycles. The molecule has 3 aromatic rings. The van der Waals surface area contributed by atoms with E-state index in [1.165, 1.54) is 32.5 Å². The molecule has 1 aromatic heterocycles. The summed E-state index contributed by atoms with van der Waals surface area (Å²) < 4.78 is 1.35. The number of rotatable bonds is 3. The molecule has 0 saturated carbocycles. The fraction of sp³-hybridized carbons (Fsp3) is 0.176. The quantitative estimate of drug-likeness (QED) is 0.693. The molecule has 0 atom stereocenters. The number of fused-ring (bicyclic) bond motifs is 1. The van der Waals surface area contributed by atoms with Crippen LogP contribution in [-0.2, 0) is 6.54 Å². The first-order chi connectivity index (χ1) is 9.24. The third kappa shape index (κ3) is 2.49. The Labute approximate surface area is 117 Å². The number of hydrogen-bond donors (Lipinski definition) is 1. The molecule has 0 fully saturated rings. The zero-order valence-electron chi connectivity index (χ0n) is 11.2. The van der Waals surface area contributed by atoms with Crippen molar-refractivity contribution in [3.05, 3.63) is 64.5 Å². The van der Waals surface area contributed by atoms with Crippen LogP contribution < -0.4 is 5.32 Å². The maximum Gasteiger partial charge on any atom is 0.0406 e. The van der Waals surface area contributed by atoms with Crippen LogP contribution >= 0.6 is 11.3 Å². The van der Waals surface area contributed by atoms with E-state index < -0.39 is 0 Å². The van der Waals surface area contributed by atoms with Crippen LogP contribution in [0.3, 0.4) is 0 Å². The number of nitrogens with one attached hydrogen (secondary N) is 1. The number of benzene rings is 2. The molecule has 0 amide bonds. The van der Waals surface area contributed by atoms with Crippen LogP contribution in [0, 0.1) is 13.8 Å². The first-order valence-corrected chi connectivity index (χ1v) is 7.38. The molecule has 2 heteroatoms. The van der Waals surface area contributed by atoms with Crippen LogP contribution in [0.1, 0.15) is 16.7 Å². The molecule has 0 spiro atoms. The predicted octanol–water partition coefficient (Wildman–Crippen LogP) is 5.13. The Kier molecular flexibility index (Phi) is 3.26. The second-order valence-corrected chi connectivity index (χ2v) is 5.84. The normalized spacial score (nSPS) is 10.8.